The number of anilines is 2. The maximum absolute atomic E-state index is 12.3. The molecule has 0 aliphatic carbocycles. The summed E-state index contributed by atoms with van der Waals surface area (Å²) < 4.78 is 9.72. The normalized spacial score (nSPS) is 9.92. The van der Waals surface area contributed by atoms with Crippen molar-refractivity contribution in [1.82, 2.24) is 0 Å². The molecule has 2 rings (SSSR count). The summed E-state index contributed by atoms with van der Waals surface area (Å²) in [6.45, 7) is 3.99. The van der Waals surface area contributed by atoms with Gasteiger partial charge >= 0.3 is 12.1 Å². The van der Waals surface area contributed by atoms with E-state index in [0.29, 0.717) is 22.5 Å². The summed E-state index contributed by atoms with van der Waals surface area (Å²) in [5.74, 6) is -0.785. The van der Waals surface area contributed by atoms with Gasteiger partial charge in [0.15, 0.2) is 0 Å². The summed E-state index contributed by atoms with van der Waals surface area (Å²) in [5.41, 5.74) is 1.76. The van der Waals surface area contributed by atoms with Crippen molar-refractivity contribution in [1.29, 1.82) is 0 Å². The van der Waals surface area contributed by atoms with E-state index in [9.17, 15) is 14.4 Å². The summed E-state index contributed by atoms with van der Waals surface area (Å²) in [7, 11) is 0. The summed E-state index contributed by atoms with van der Waals surface area (Å²) in [6, 6.07) is 12.8. The average Bonchev–Trinajstić information content (AvgIpc) is 2.63. The molecule has 0 fully saturated rings. The zero-order chi connectivity index (χ0) is 18.9. The van der Waals surface area contributed by atoms with Crippen molar-refractivity contribution in [2.24, 2.45) is 0 Å². The fraction of sp³-hybridized carbons (Fsp3) is 0.211. The van der Waals surface area contributed by atoms with Crippen molar-refractivity contribution < 1.29 is 23.9 Å². The fourth-order valence-electron chi connectivity index (χ4n) is 2.13. The average molecular weight is 356 g/mol. The molecular formula is C19H20N2O5. The maximum atomic E-state index is 12.3. The van der Waals surface area contributed by atoms with Gasteiger partial charge in [-0.1, -0.05) is 6.07 Å². The first-order valence-electron chi connectivity index (χ1n) is 8.15. The molecule has 7 heteroatoms. The number of hydrogen-bond acceptors (Lipinski definition) is 5. The van der Waals surface area contributed by atoms with Crippen molar-refractivity contribution in [3.63, 3.8) is 0 Å². The van der Waals surface area contributed by atoms with Crippen LogP contribution in [-0.4, -0.2) is 31.2 Å². The van der Waals surface area contributed by atoms with Gasteiger partial charge in [-0.25, -0.2) is 9.59 Å². The molecule has 0 unspecified atom stereocenters. The van der Waals surface area contributed by atoms with E-state index in [-0.39, 0.29) is 19.1 Å². The lowest BCUT2D eigenvalue weighted by molar-refractivity contribution is 0.0526. The minimum absolute atomic E-state index is 0.275. The molecule has 2 amide bonds. The van der Waals surface area contributed by atoms with Crippen LogP contribution in [0, 0.1) is 0 Å². The lowest BCUT2D eigenvalue weighted by atomic mass is 10.1. The van der Waals surface area contributed by atoms with Crippen LogP contribution in [0.2, 0.25) is 0 Å². The monoisotopic (exact) mass is 356 g/mol. The van der Waals surface area contributed by atoms with Crippen LogP contribution in [0.15, 0.2) is 48.5 Å². The molecule has 0 saturated carbocycles. The van der Waals surface area contributed by atoms with Gasteiger partial charge in [-0.2, -0.15) is 0 Å². The van der Waals surface area contributed by atoms with Crippen molar-refractivity contribution in [3.8, 4) is 0 Å². The predicted octanol–water partition coefficient (Wildman–Crippen LogP) is 3.68. The molecule has 2 aromatic rings. The minimum atomic E-state index is -0.555. The molecule has 136 valence electrons. The van der Waals surface area contributed by atoms with Crippen LogP contribution in [0.5, 0.6) is 0 Å². The molecule has 0 radical (unpaired) electrons. The Morgan fingerprint density at radius 2 is 1.50 bits per heavy atom. The van der Waals surface area contributed by atoms with Gasteiger partial charge in [-0.15, -0.1) is 0 Å². The maximum Gasteiger partial charge on any atom is 0.411 e. The highest BCUT2D eigenvalue weighted by molar-refractivity contribution is 6.05. The van der Waals surface area contributed by atoms with Gasteiger partial charge in [0.2, 0.25) is 0 Å². The lowest BCUT2D eigenvalue weighted by Gasteiger charge is -2.09. The topological polar surface area (TPSA) is 93.7 Å². The van der Waals surface area contributed by atoms with Gasteiger partial charge in [0.1, 0.15) is 0 Å². The van der Waals surface area contributed by atoms with Crippen LogP contribution in [0.1, 0.15) is 34.6 Å². The summed E-state index contributed by atoms with van der Waals surface area (Å²) in [5, 5.41) is 5.26. The second-order valence-corrected chi connectivity index (χ2v) is 5.18. The molecule has 26 heavy (non-hydrogen) atoms. The van der Waals surface area contributed by atoms with E-state index >= 15 is 0 Å². The number of benzene rings is 2. The van der Waals surface area contributed by atoms with Crippen molar-refractivity contribution >= 4 is 29.3 Å². The molecule has 0 saturated heterocycles. The summed E-state index contributed by atoms with van der Waals surface area (Å²) in [6.07, 6.45) is -0.555. The number of carbonyl (C=O) groups excluding carboxylic acids is 3. The quantitative estimate of drug-likeness (QED) is 0.770. The number of hydrogen-bond donors (Lipinski definition) is 2. The van der Waals surface area contributed by atoms with Crippen molar-refractivity contribution in [2.45, 2.75) is 13.8 Å². The van der Waals surface area contributed by atoms with Gasteiger partial charge in [-0.3, -0.25) is 10.1 Å². The van der Waals surface area contributed by atoms with Crippen LogP contribution < -0.4 is 10.6 Å². The Hall–Kier alpha value is -3.35. The standard InChI is InChI=1S/C19H20N2O5/c1-3-25-18(23)14-6-5-7-16(12-14)20-17(22)13-8-10-15(11-9-13)21-19(24)26-4-2/h5-12H,3-4H2,1-2H3,(H,20,22)(H,21,24). The van der Waals surface area contributed by atoms with Gasteiger partial charge in [0.25, 0.3) is 5.91 Å². The fourth-order valence-corrected chi connectivity index (χ4v) is 2.13. The molecule has 2 N–H and O–H groups in total. The number of ether oxygens (including phenoxy) is 2. The summed E-state index contributed by atoms with van der Waals surface area (Å²) in [4.78, 5) is 35.4. The smallest absolute Gasteiger partial charge is 0.411 e. The Morgan fingerprint density at radius 1 is 0.808 bits per heavy atom. The molecule has 0 aliphatic heterocycles. The van der Waals surface area contributed by atoms with Crippen LogP contribution in [0.4, 0.5) is 16.2 Å². The zero-order valence-electron chi connectivity index (χ0n) is 14.6. The number of esters is 1. The van der Waals surface area contributed by atoms with Crippen molar-refractivity contribution in [2.75, 3.05) is 23.8 Å². The van der Waals surface area contributed by atoms with Crippen LogP contribution >= 0.6 is 0 Å². The first-order valence-corrected chi connectivity index (χ1v) is 8.15. The molecule has 0 bridgehead atoms. The first kappa shape index (κ1) is 19.0. The van der Waals surface area contributed by atoms with E-state index in [2.05, 4.69) is 10.6 Å². The Balaban J connectivity index is 2.02. The lowest BCUT2D eigenvalue weighted by Crippen LogP contribution is -2.14. The minimum Gasteiger partial charge on any atom is -0.462 e. The molecule has 2 aromatic carbocycles. The second kappa shape index (κ2) is 9.22. The predicted molar refractivity (Wildman–Crippen MR) is 97.4 cm³/mol. The summed E-state index contributed by atoms with van der Waals surface area (Å²) >= 11 is 0. The second-order valence-electron chi connectivity index (χ2n) is 5.18. The zero-order valence-corrected chi connectivity index (χ0v) is 14.6. The molecule has 7 nitrogen and oxygen atoms in total. The van der Waals surface area contributed by atoms with Gasteiger partial charge in [-0.05, 0) is 56.3 Å². The molecule has 0 spiro atoms. The molecule has 0 aliphatic rings. The third-order valence-electron chi connectivity index (χ3n) is 3.30. The van der Waals surface area contributed by atoms with E-state index in [1.54, 1.807) is 62.4 Å². The molecular weight excluding hydrogens is 336 g/mol. The Morgan fingerprint density at radius 3 is 2.15 bits per heavy atom. The highest BCUT2D eigenvalue weighted by Gasteiger charge is 2.10. The Bertz CT molecular complexity index is 787. The highest BCUT2D eigenvalue weighted by Crippen LogP contribution is 2.15. The van der Waals surface area contributed by atoms with Gasteiger partial charge in [0, 0.05) is 16.9 Å². The van der Waals surface area contributed by atoms with Crippen LogP contribution in [0.25, 0.3) is 0 Å². The molecule has 0 aromatic heterocycles. The number of rotatable bonds is 6. The largest absolute Gasteiger partial charge is 0.462 e. The van der Waals surface area contributed by atoms with Crippen molar-refractivity contribution in [3.05, 3.63) is 59.7 Å². The van der Waals surface area contributed by atoms with E-state index in [4.69, 9.17) is 9.47 Å². The first-order chi connectivity index (χ1) is 12.5. The molecule has 0 heterocycles. The Kier molecular flexibility index (Phi) is 6.73. The molecule has 0 atom stereocenters. The SMILES string of the molecule is CCOC(=O)Nc1ccc(C(=O)Nc2cccc(C(=O)OCC)c2)cc1. The third kappa shape index (κ3) is 5.34. The number of carbonyl (C=O) groups is 3. The van der Waals surface area contributed by atoms with Crippen LogP contribution in [-0.2, 0) is 9.47 Å². The Labute approximate surface area is 151 Å². The van der Waals surface area contributed by atoms with E-state index < -0.39 is 12.1 Å². The third-order valence-corrected chi connectivity index (χ3v) is 3.30. The number of amides is 2. The van der Waals surface area contributed by atoms with E-state index in [0.717, 1.165) is 0 Å². The van der Waals surface area contributed by atoms with Gasteiger partial charge in [0.05, 0.1) is 18.8 Å². The van der Waals surface area contributed by atoms with Gasteiger partial charge < -0.3 is 14.8 Å². The highest BCUT2D eigenvalue weighted by atomic mass is 16.5. The van der Waals surface area contributed by atoms with Crippen LogP contribution in [0.3, 0.4) is 0 Å². The van der Waals surface area contributed by atoms with E-state index in [1.807, 2.05) is 0 Å². The number of nitrogens with one attached hydrogen (secondary N) is 2. The van der Waals surface area contributed by atoms with E-state index in [1.165, 1.54) is 0 Å².